The first-order valence-corrected chi connectivity index (χ1v) is 12.2. The number of halogens is 1. The van der Waals surface area contributed by atoms with Gasteiger partial charge in [-0.2, -0.15) is 0 Å². The van der Waals surface area contributed by atoms with Gasteiger partial charge in [0.05, 0.1) is 10.5 Å². The molecule has 0 atom stereocenters. The van der Waals surface area contributed by atoms with E-state index in [0.29, 0.717) is 43.3 Å². The van der Waals surface area contributed by atoms with Crippen LogP contribution in [0.2, 0.25) is 5.02 Å². The molecular formula is C25H31ClN4O5. The number of ether oxygens (including phenoxy) is 1. The third kappa shape index (κ3) is 7.16. The van der Waals surface area contributed by atoms with Crippen LogP contribution in [0, 0.1) is 16.0 Å². The van der Waals surface area contributed by atoms with Crippen molar-refractivity contribution in [2.75, 3.05) is 43.1 Å². The molecule has 2 N–H and O–H groups in total. The van der Waals surface area contributed by atoms with Crippen molar-refractivity contribution in [3.8, 4) is 0 Å². The molecule has 2 aromatic rings. The van der Waals surface area contributed by atoms with Crippen molar-refractivity contribution < 1.29 is 19.2 Å². The van der Waals surface area contributed by atoms with Crippen molar-refractivity contribution in [1.82, 2.24) is 5.32 Å². The molecule has 0 radical (unpaired) electrons. The summed E-state index contributed by atoms with van der Waals surface area (Å²) in [7, 11) is 0. The van der Waals surface area contributed by atoms with Crippen molar-refractivity contribution in [1.29, 1.82) is 0 Å². The number of carbonyl (C=O) groups excluding carboxylic acids is 2. The molecule has 35 heavy (non-hydrogen) atoms. The number of rotatable bonds is 10. The van der Waals surface area contributed by atoms with Crippen LogP contribution in [0.25, 0.3) is 0 Å². The summed E-state index contributed by atoms with van der Waals surface area (Å²) >= 11 is 5.85. The molecule has 0 aliphatic carbocycles. The Bertz CT molecular complexity index is 1070. The van der Waals surface area contributed by atoms with Crippen LogP contribution in [0.1, 0.15) is 53.8 Å². The molecule has 1 aliphatic rings. The molecule has 0 unspecified atom stereocenters. The maximum absolute atomic E-state index is 13.1. The fourth-order valence-electron chi connectivity index (χ4n) is 3.93. The van der Waals surface area contributed by atoms with Crippen LogP contribution in [0.15, 0.2) is 36.4 Å². The third-order valence-electron chi connectivity index (χ3n) is 5.98. The summed E-state index contributed by atoms with van der Waals surface area (Å²) in [5.41, 5.74) is 1.45. The van der Waals surface area contributed by atoms with Gasteiger partial charge in [0.1, 0.15) is 5.02 Å². The highest BCUT2D eigenvalue weighted by Crippen LogP contribution is 2.30. The van der Waals surface area contributed by atoms with E-state index in [-0.39, 0.29) is 22.2 Å². The summed E-state index contributed by atoms with van der Waals surface area (Å²) in [4.78, 5) is 38.6. The largest absolute Gasteiger partial charge is 0.382 e. The standard InChI is InChI=1S/C25H31ClN4O5/c1-3-35-14-4-11-27-25(32)20-16-19(6-8-22(20)29-12-9-17(2)10-13-29)28-24(31)18-5-7-21(26)23(15-18)30(33)34/h5-8,15-17H,3-4,9-14H2,1-2H3,(H,27,32)(H,28,31). The van der Waals surface area contributed by atoms with E-state index in [1.54, 1.807) is 12.1 Å². The predicted octanol–water partition coefficient (Wildman–Crippen LogP) is 4.89. The first-order chi connectivity index (χ1) is 16.8. The molecular weight excluding hydrogens is 472 g/mol. The lowest BCUT2D eigenvalue weighted by molar-refractivity contribution is -0.384. The Balaban J connectivity index is 1.81. The predicted molar refractivity (Wildman–Crippen MR) is 137 cm³/mol. The molecule has 2 aromatic carbocycles. The number of piperidine rings is 1. The first kappa shape index (κ1) is 26.4. The highest BCUT2D eigenvalue weighted by atomic mass is 35.5. The van der Waals surface area contributed by atoms with Gasteiger partial charge in [-0.1, -0.05) is 18.5 Å². The molecule has 0 aromatic heterocycles. The average Bonchev–Trinajstić information content (AvgIpc) is 2.84. The Morgan fingerprint density at radius 3 is 2.60 bits per heavy atom. The second-order valence-corrected chi connectivity index (χ2v) is 8.99. The van der Waals surface area contributed by atoms with Crippen molar-refractivity contribution in [2.24, 2.45) is 5.92 Å². The van der Waals surface area contributed by atoms with Gasteiger partial charge < -0.3 is 20.3 Å². The summed E-state index contributed by atoms with van der Waals surface area (Å²) in [6, 6.07) is 9.09. The van der Waals surface area contributed by atoms with Crippen LogP contribution in [0.4, 0.5) is 17.1 Å². The SMILES string of the molecule is CCOCCCNC(=O)c1cc(NC(=O)c2ccc(Cl)c([N+](=O)[O-])c2)ccc1N1CCC(C)CC1. The molecule has 1 aliphatic heterocycles. The van der Waals surface area contributed by atoms with E-state index in [1.165, 1.54) is 12.1 Å². The molecule has 1 fully saturated rings. The van der Waals surface area contributed by atoms with Crippen LogP contribution in [0.3, 0.4) is 0 Å². The van der Waals surface area contributed by atoms with E-state index in [2.05, 4.69) is 22.5 Å². The number of amides is 2. The van der Waals surface area contributed by atoms with E-state index in [1.807, 2.05) is 13.0 Å². The Morgan fingerprint density at radius 1 is 1.17 bits per heavy atom. The smallest absolute Gasteiger partial charge is 0.288 e. The molecule has 0 bridgehead atoms. The monoisotopic (exact) mass is 502 g/mol. The van der Waals surface area contributed by atoms with Crippen LogP contribution in [-0.4, -0.2) is 49.6 Å². The van der Waals surface area contributed by atoms with Gasteiger partial charge >= 0.3 is 0 Å². The molecule has 2 amide bonds. The van der Waals surface area contributed by atoms with Crippen molar-refractivity contribution in [3.63, 3.8) is 0 Å². The molecule has 10 heteroatoms. The van der Waals surface area contributed by atoms with Crippen molar-refractivity contribution in [3.05, 3.63) is 62.7 Å². The number of benzene rings is 2. The van der Waals surface area contributed by atoms with Gasteiger partial charge in [-0.25, -0.2) is 0 Å². The topological polar surface area (TPSA) is 114 Å². The van der Waals surface area contributed by atoms with E-state index < -0.39 is 10.8 Å². The lowest BCUT2D eigenvalue weighted by Crippen LogP contribution is -2.35. The zero-order chi connectivity index (χ0) is 25.4. The number of nitro benzene ring substituents is 1. The number of hydrogen-bond donors (Lipinski definition) is 2. The van der Waals surface area contributed by atoms with Gasteiger partial charge in [0.25, 0.3) is 17.5 Å². The van der Waals surface area contributed by atoms with E-state index in [0.717, 1.165) is 37.7 Å². The zero-order valence-electron chi connectivity index (χ0n) is 20.0. The van der Waals surface area contributed by atoms with Gasteiger partial charge in [0.15, 0.2) is 0 Å². The summed E-state index contributed by atoms with van der Waals surface area (Å²) < 4.78 is 5.33. The molecule has 188 valence electrons. The maximum Gasteiger partial charge on any atom is 0.288 e. The number of anilines is 2. The zero-order valence-corrected chi connectivity index (χ0v) is 20.8. The highest BCUT2D eigenvalue weighted by Gasteiger charge is 2.22. The van der Waals surface area contributed by atoms with Crippen LogP contribution >= 0.6 is 11.6 Å². The lowest BCUT2D eigenvalue weighted by Gasteiger charge is -2.33. The molecule has 9 nitrogen and oxygen atoms in total. The number of nitrogens with zero attached hydrogens (tertiary/aromatic N) is 2. The second-order valence-electron chi connectivity index (χ2n) is 8.59. The van der Waals surface area contributed by atoms with E-state index in [9.17, 15) is 19.7 Å². The maximum atomic E-state index is 13.1. The van der Waals surface area contributed by atoms with Crippen LogP contribution in [0.5, 0.6) is 0 Å². The Labute approximate surface area is 209 Å². The lowest BCUT2D eigenvalue weighted by atomic mass is 9.97. The van der Waals surface area contributed by atoms with Crippen LogP contribution < -0.4 is 15.5 Å². The molecule has 1 heterocycles. The van der Waals surface area contributed by atoms with E-state index >= 15 is 0 Å². The molecule has 3 rings (SSSR count). The number of hydrogen-bond acceptors (Lipinski definition) is 6. The van der Waals surface area contributed by atoms with Crippen LogP contribution in [-0.2, 0) is 4.74 Å². The molecule has 0 spiro atoms. The highest BCUT2D eigenvalue weighted by molar-refractivity contribution is 6.32. The minimum Gasteiger partial charge on any atom is -0.382 e. The minimum absolute atomic E-state index is 0.0463. The van der Waals surface area contributed by atoms with Gasteiger partial charge in [-0.15, -0.1) is 0 Å². The molecule has 0 saturated carbocycles. The first-order valence-electron chi connectivity index (χ1n) is 11.8. The number of nitrogens with one attached hydrogen (secondary N) is 2. The van der Waals surface area contributed by atoms with E-state index in [4.69, 9.17) is 16.3 Å². The third-order valence-corrected chi connectivity index (χ3v) is 6.30. The average molecular weight is 503 g/mol. The summed E-state index contributed by atoms with van der Waals surface area (Å²) in [6.45, 7) is 7.52. The summed E-state index contributed by atoms with van der Waals surface area (Å²) in [5.74, 6) is -0.121. The van der Waals surface area contributed by atoms with Gasteiger partial charge in [-0.3, -0.25) is 19.7 Å². The summed E-state index contributed by atoms with van der Waals surface area (Å²) in [6.07, 6.45) is 2.79. The Morgan fingerprint density at radius 2 is 1.91 bits per heavy atom. The second kappa shape index (κ2) is 12.5. The number of carbonyl (C=O) groups is 2. The van der Waals surface area contributed by atoms with Crippen molar-refractivity contribution in [2.45, 2.75) is 33.1 Å². The summed E-state index contributed by atoms with van der Waals surface area (Å²) in [5, 5.41) is 16.8. The van der Waals surface area contributed by atoms with Gasteiger partial charge in [0, 0.05) is 55.9 Å². The Kier molecular flexibility index (Phi) is 9.45. The number of nitro groups is 1. The molecule has 1 saturated heterocycles. The normalized spacial score (nSPS) is 14.0. The fourth-order valence-corrected chi connectivity index (χ4v) is 4.12. The quantitative estimate of drug-likeness (QED) is 0.271. The van der Waals surface area contributed by atoms with Crippen molar-refractivity contribution >= 4 is 40.5 Å². The van der Waals surface area contributed by atoms with Gasteiger partial charge in [-0.05, 0) is 62.4 Å². The Hall–Kier alpha value is -3.17. The van der Waals surface area contributed by atoms with Gasteiger partial charge in [0.2, 0.25) is 0 Å². The minimum atomic E-state index is -0.638. The fraction of sp³-hybridized carbons (Fsp3) is 0.440.